The van der Waals surface area contributed by atoms with E-state index in [1.165, 1.54) is 18.4 Å². The third-order valence-corrected chi connectivity index (χ3v) is 5.18. The van der Waals surface area contributed by atoms with Crippen LogP contribution in [0.4, 0.5) is 27.8 Å². The first-order chi connectivity index (χ1) is 14.7. The van der Waals surface area contributed by atoms with E-state index >= 15 is 0 Å². The number of nitrogens with zero attached hydrogens (tertiary/aromatic N) is 3. The highest BCUT2D eigenvalue weighted by Gasteiger charge is 2.28. The Hall–Kier alpha value is -3.69. The molecule has 2 aromatic heterocycles. The number of ether oxygens (including phenoxy) is 2. The Morgan fingerprint density at radius 3 is 2.73 bits per heavy atom. The van der Waals surface area contributed by atoms with Gasteiger partial charge in [0.05, 0.1) is 11.9 Å². The maximum atomic E-state index is 11.8. The monoisotopic (exact) mass is 409 g/mol. The van der Waals surface area contributed by atoms with Gasteiger partial charge in [0, 0.05) is 20.2 Å². The van der Waals surface area contributed by atoms with E-state index in [4.69, 9.17) is 9.47 Å². The minimum absolute atomic E-state index is 0.340. The van der Waals surface area contributed by atoms with Gasteiger partial charge in [-0.3, -0.25) is 0 Å². The van der Waals surface area contributed by atoms with Crippen LogP contribution in [0.25, 0.3) is 5.65 Å². The summed E-state index contributed by atoms with van der Waals surface area (Å²) in [4.78, 5) is 16.4. The van der Waals surface area contributed by atoms with Gasteiger partial charge in [0.15, 0.2) is 17.1 Å². The predicted octanol–water partition coefficient (Wildman–Crippen LogP) is 2.91. The van der Waals surface area contributed by atoms with Crippen molar-refractivity contribution in [1.82, 2.24) is 19.9 Å². The fourth-order valence-corrected chi connectivity index (χ4v) is 3.54. The minimum Gasteiger partial charge on any atom is -0.486 e. The Morgan fingerprint density at radius 1 is 1.13 bits per heavy atom. The van der Waals surface area contributed by atoms with Gasteiger partial charge in [-0.25, -0.2) is 9.78 Å². The summed E-state index contributed by atoms with van der Waals surface area (Å²) < 4.78 is 13.4. The van der Waals surface area contributed by atoms with Crippen molar-refractivity contribution < 1.29 is 14.3 Å². The van der Waals surface area contributed by atoms with E-state index in [-0.39, 0.29) is 6.03 Å². The molecule has 0 unspecified atom stereocenters. The lowest BCUT2D eigenvalue weighted by Crippen LogP contribution is -2.24. The number of urea groups is 1. The van der Waals surface area contributed by atoms with E-state index in [0.29, 0.717) is 42.0 Å². The first kappa shape index (κ1) is 18.3. The zero-order valence-electron chi connectivity index (χ0n) is 16.8. The van der Waals surface area contributed by atoms with Crippen LogP contribution >= 0.6 is 0 Å². The molecule has 5 rings (SSSR count). The molecule has 3 heterocycles. The molecule has 1 aliphatic heterocycles. The van der Waals surface area contributed by atoms with Crippen molar-refractivity contribution in [1.29, 1.82) is 0 Å². The van der Waals surface area contributed by atoms with Crippen LogP contribution in [0.2, 0.25) is 0 Å². The van der Waals surface area contributed by atoms with Gasteiger partial charge in [0.1, 0.15) is 30.5 Å². The van der Waals surface area contributed by atoms with Gasteiger partial charge in [-0.15, -0.1) is 0 Å². The van der Waals surface area contributed by atoms with Crippen molar-refractivity contribution in [2.75, 3.05) is 43.3 Å². The number of hydrogen-bond acceptors (Lipinski definition) is 7. The Labute approximate surface area is 173 Å². The standard InChI is InChI=1S/C20H23N7O3/c1-21-17-9-16(26-19-14(10-23-27(17)19)25-20(28)22-2)24-13-7-12(11-3-4-11)8-15-18(13)30-6-5-29-15/h7-11,21H,3-6H2,1-2H3,(H,24,26)(H2,22,25,28). The van der Waals surface area contributed by atoms with Gasteiger partial charge in [-0.1, -0.05) is 0 Å². The number of aromatic nitrogens is 3. The van der Waals surface area contributed by atoms with Crippen molar-refractivity contribution in [3.8, 4) is 11.5 Å². The third kappa shape index (κ3) is 3.30. The second-order valence-electron chi connectivity index (χ2n) is 7.27. The van der Waals surface area contributed by atoms with Crippen LogP contribution in [0.5, 0.6) is 11.5 Å². The highest BCUT2D eigenvalue weighted by molar-refractivity contribution is 5.93. The van der Waals surface area contributed by atoms with Gasteiger partial charge in [-0.05, 0) is 36.5 Å². The number of nitrogens with one attached hydrogen (secondary N) is 4. The quantitative estimate of drug-likeness (QED) is 0.512. The number of amides is 2. The van der Waals surface area contributed by atoms with Crippen molar-refractivity contribution in [2.45, 2.75) is 18.8 Å². The van der Waals surface area contributed by atoms with E-state index < -0.39 is 0 Å². The van der Waals surface area contributed by atoms with Gasteiger partial charge in [0.25, 0.3) is 0 Å². The normalized spacial score (nSPS) is 15.0. The SMILES string of the molecule is CNC(=O)Nc1cnn2c(NC)cc(Nc3cc(C4CC4)cc4c3OCCO4)nc12. The molecule has 1 saturated carbocycles. The molecule has 10 nitrogen and oxygen atoms in total. The molecular formula is C20H23N7O3. The average Bonchev–Trinajstić information content (AvgIpc) is 3.55. The summed E-state index contributed by atoms with van der Waals surface area (Å²) in [6.07, 6.45) is 3.95. The molecule has 10 heteroatoms. The molecule has 1 fully saturated rings. The van der Waals surface area contributed by atoms with Crippen molar-refractivity contribution >= 4 is 34.7 Å². The van der Waals surface area contributed by atoms with E-state index in [0.717, 1.165) is 17.3 Å². The summed E-state index contributed by atoms with van der Waals surface area (Å²) in [6, 6.07) is 5.70. The largest absolute Gasteiger partial charge is 0.486 e. The number of carbonyl (C=O) groups excluding carboxylic acids is 1. The van der Waals surface area contributed by atoms with Crippen LogP contribution in [-0.4, -0.2) is 47.9 Å². The minimum atomic E-state index is -0.340. The summed E-state index contributed by atoms with van der Waals surface area (Å²) in [5, 5.41) is 16.1. The zero-order valence-corrected chi connectivity index (χ0v) is 16.8. The fourth-order valence-electron chi connectivity index (χ4n) is 3.54. The molecule has 4 N–H and O–H groups in total. The number of fused-ring (bicyclic) bond motifs is 2. The molecule has 1 aromatic carbocycles. The Balaban J connectivity index is 1.56. The van der Waals surface area contributed by atoms with Gasteiger partial charge in [-0.2, -0.15) is 9.61 Å². The first-order valence-corrected chi connectivity index (χ1v) is 9.92. The van der Waals surface area contributed by atoms with Gasteiger partial charge < -0.3 is 30.7 Å². The number of carbonyl (C=O) groups is 1. The predicted molar refractivity (Wildman–Crippen MR) is 113 cm³/mol. The Morgan fingerprint density at radius 2 is 1.97 bits per heavy atom. The molecule has 0 saturated heterocycles. The second kappa shape index (κ2) is 7.29. The van der Waals surface area contributed by atoms with Crippen molar-refractivity contribution in [3.63, 3.8) is 0 Å². The average molecular weight is 409 g/mol. The van der Waals surface area contributed by atoms with E-state index in [1.54, 1.807) is 24.8 Å². The summed E-state index contributed by atoms with van der Waals surface area (Å²) in [7, 11) is 3.36. The molecule has 3 aromatic rings. The van der Waals surface area contributed by atoms with E-state index in [2.05, 4.69) is 43.5 Å². The van der Waals surface area contributed by atoms with E-state index in [1.807, 2.05) is 6.07 Å². The topological polar surface area (TPSA) is 114 Å². The molecule has 2 aliphatic rings. The molecule has 0 radical (unpaired) electrons. The lowest BCUT2D eigenvalue weighted by molar-refractivity contribution is 0.172. The van der Waals surface area contributed by atoms with Gasteiger partial charge in [0.2, 0.25) is 0 Å². The number of benzene rings is 1. The summed E-state index contributed by atoms with van der Waals surface area (Å²) in [5.74, 6) is 3.33. The molecular weight excluding hydrogens is 386 g/mol. The van der Waals surface area contributed by atoms with Crippen molar-refractivity contribution in [3.05, 3.63) is 30.0 Å². The lowest BCUT2D eigenvalue weighted by atomic mass is 10.1. The molecule has 0 bridgehead atoms. The molecule has 0 spiro atoms. The van der Waals surface area contributed by atoms with Crippen LogP contribution < -0.4 is 30.7 Å². The molecule has 2 amide bonds. The maximum absolute atomic E-state index is 11.8. The van der Waals surface area contributed by atoms with Crippen LogP contribution in [0.3, 0.4) is 0 Å². The summed E-state index contributed by atoms with van der Waals surface area (Å²) in [6.45, 7) is 1.04. The van der Waals surface area contributed by atoms with Crippen LogP contribution in [0.15, 0.2) is 24.4 Å². The summed E-state index contributed by atoms with van der Waals surface area (Å²) in [5.41, 5.74) is 3.07. The number of anilines is 4. The third-order valence-electron chi connectivity index (χ3n) is 5.18. The smallest absolute Gasteiger partial charge is 0.319 e. The van der Waals surface area contributed by atoms with Crippen LogP contribution in [-0.2, 0) is 0 Å². The Bertz CT molecular complexity index is 1120. The Kier molecular flexibility index (Phi) is 4.46. The number of rotatable bonds is 5. The van der Waals surface area contributed by atoms with Crippen LogP contribution in [0.1, 0.15) is 24.3 Å². The van der Waals surface area contributed by atoms with E-state index in [9.17, 15) is 4.79 Å². The fraction of sp³-hybridized carbons (Fsp3) is 0.350. The second-order valence-corrected chi connectivity index (χ2v) is 7.27. The van der Waals surface area contributed by atoms with Crippen LogP contribution in [0, 0.1) is 0 Å². The summed E-state index contributed by atoms with van der Waals surface area (Å²) >= 11 is 0. The van der Waals surface area contributed by atoms with Gasteiger partial charge >= 0.3 is 6.03 Å². The molecule has 1 aliphatic carbocycles. The zero-order chi connectivity index (χ0) is 20.7. The highest BCUT2D eigenvalue weighted by atomic mass is 16.6. The lowest BCUT2D eigenvalue weighted by Gasteiger charge is -2.23. The molecule has 0 atom stereocenters. The maximum Gasteiger partial charge on any atom is 0.319 e. The molecule has 156 valence electrons. The molecule has 30 heavy (non-hydrogen) atoms. The highest BCUT2D eigenvalue weighted by Crippen LogP contribution is 2.47. The van der Waals surface area contributed by atoms with Crippen molar-refractivity contribution in [2.24, 2.45) is 0 Å². The first-order valence-electron chi connectivity index (χ1n) is 9.92. The number of hydrogen-bond donors (Lipinski definition) is 4.